The van der Waals surface area contributed by atoms with Crippen LogP contribution >= 0.6 is 0 Å². The number of aryl methyl sites for hydroxylation is 1. The van der Waals surface area contributed by atoms with E-state index in [0.717, 1.165) is 23.4 Å². The fourth-order valence-electron chi connectivity index (χ4n) is 3.17. The molecule has 0 radical (unpaired) electrons. The summed E-state index contributed by atoms with van der Waals surface area (Å²) in [6.07, 6.45) is 8.54. The van der Waals surface area contributed by atoms with Crippen LogP contribution in [0, 0.1) is 0 Å². The van der Waals surface area contributed by atoms with E-state index in [1.54, 1.807) is 11.0 Å². The molecule has 0 aromatic carbocycles. The molecular weight excluding hydrogens is 252 g/mol. The SMILES string of the molecule is CN(C)C1(CNc2ncnc3c2cnn3C)CCCC1. The highest BCUT2D eigenvalue weighted by Gasteiger charge is 2.35. The number of nitrogens with zero attached hydrogens (tertiary/aromatic N) is 5. The molecule has 1 saturated carbocycles. The Kier molecular flexibility index (Phi) is 3.33. The van der Waals surface area contributed by atoms with Crippen molar-refractivity contribution in [2.24, 2.45) is 7.05 Å². The molecule has 0 unspecified atom stereocenters. The topological polar surface area (TPSA) is 58.9 Å². The van der Waals surface area contributed by atoms with Gasteiger partial charge in [0.05, 0.1) is 11.6 Å². The van der Waals surface area contributed by atoms with Crippen LogP contribution in [-0.2, 0) is 7.05 Å². The van der Waals surface area contributed by atoms with Crippen molar-refractivity contribution in [3.05, 3.63) is 12.5 Å². The number of hydrogen-bond acceptors (Lipinski definition) is 5. The maximum Gasteiger partial charge on any atom is 0.163 e. The van der Waals surface area contributed by atoms with Crippen LogP contribution < -0.4 is 5.32 Å². The zero-order valence-corrected chi connectivity index (χ0v) is 12.4. The van der Waals surface area contributed by atoms with E-state index in [1.165, 1.54) is 25.7 Å². The number of hydrogen-bond donors (Lipinski definition) is 1. The van der Waals surface area contributed by atoms with Gasteiger partial charge in [-0.2, -0.15) is 5.10 Å². The summed E-state index contributed by atoms with van der Waals surface area (Å²) in [6.45, 7) is 0.918. The standard InChI is InChI=1S/C14H22N6/c1-19(2)14(6-4-5-7-14)9-15-12-11-8-18-20(3)13(11)17-10-16-12/h8,10H,4-7,9H2,1-3H3,(H,15,16,17). The first-order chi connectivity index (χ1) is 9.62. The summed E-state index contributed by atoms with van der Waals surface area (Å²) in [5.74, 6) is 0.885. The number of nitrogens with one attached hydrogen (secondary N) is 1. The van der Waals surface area contributed by atoms with Crippen molar-refractivity contribution >= 4 is 16.9 Å². The Morgan fingerprint density at radius 1 is 1.30 bits per heavy atom. The highest BCUT2D eigenvalue weighted by molar-refractivity contribution is 5.85. The number of aromatic nitrogens is 4. The lowest BCUT2D eigenvalue weighted by Gasteiger charge is -2.36. The summed E-state index contributed by atoms with van der Waals surface area (Å²) in [5, 5.41) is 8.76. The summed E-state index contributed by atoms with van der Waals surface area (Å²) in [4.78, 5) is 11.0. The first kappa shape index (κ1) is 13.3. The Morgan fingerprint density at radius 2 is 2.05 bits per heavy atom. The van der Waals surface area contributed by atoms with Gasteiger partial charge in [0.2, 0.25) is 0 Å². The van der Waals surface area contributed by atoms with Gasteiger partial charge < -0.3 is 10.2 Å². The first-order valence-corrected chi connectivity index (χ1v) is 7.16. The molecule has 0 atom stereocenters. The quantitative estimate of drug-likeness (QED) is 0.918. The fraction of sp³-hybridized carbons (Fsp3) is 0.643. The summed E-state index contributed by atoms with van der Waals surface area (Å²) < 4.78 is 1.78. The lowest BCUT2D eigenvalue weighted by Crippen LogP contribution is -2.47. The molecule has 0 spiro atoms. The second-order valence-corrected chi connectivity index (χ2v) is 5.91. The van der Waals surface area contributed by atoms with Gasteiger partial charge in [-0.25, -0.2) is 9.97 Å². The second-order valence-electron chi connectivity index (χ2n) is 5.91. The molecule has 20 heavy (non-hydrogen) atoms. The molecular formula is C14H22N6. The molecule has 6 heteroatoms. The minimum absolute atomic E-state index is 0.249. The number of rotatable bonds is 4. The third-order valence-electron chi connectivity index (χ3n) is 4.60. The summed E-state index contributed by atoms with van der Waals surface area (Å²) >= 11 is 0. The molecule has 2 aromatic rings. The molecule has 0 bridgehead atoms. The van der Waals surface area contributed by atoms with Gasteiger partial charge in [-0.15, -0.1) is 0 Å². The lowest BCUT2D eigenvalue weighted by atomic mass is 9.96. The van der Waals surface area contributed by atoms with Crippen LogP contribution in [0.5, 0.6) is 0 Å². The summed E-state index contributed by atoms with van der Waals surface area (Å²) in [6, 6.07) is 0. The molecule has 108 valence electrons. The third-order valence-corrected chi connectivity index (χ3v) is 4.60. The van der Waals surface area contributed by atoms with E-state index in [9.17, 15) is 0 Å². The Morgan fingerprint density at radius 3 is 2.75 bits per heavy atom. The van der Waals surface area contributed by atoms with Gasteiger partial charge in [0.1, 0.15) is 12.1 Å². The van der Waals surface area contributed by atoms with E-state index in [4.69, 9.17) is 0 Å². The van der Waals surface area contributed by atoms with E-state index in [2.05, 4.69) is 39.4 Å². The van der Waals surface area contributed by atoms with Gasteiger partial charge in [-0.3, -0.25) is 4.68 Å². The van der Waals surface area contributed by atoms with Crippen LogP contribution in [-0.4, -0.2) is 50.8 Å². The van der Waals surface area contributed by atoms with E-state index >= 15 is 0 Å². The smallest absolute Gasteiger partial charge is 0.163 e. The normalized spacial score (nSPS) is 18.0. The molecule has 0 saturated heterocycles. The van der Waals surface area contributed by atoms with Gasteiger partial charge in [-0.05, 0) is 26.9 Å². The monoisotopic (exact) mass is 274 g/mol. The highest BCUT2D eigenvalue weighted by Crippen LogP contribution is 2.34. The van der Waals surface area contributed by atoms with Crippen molar-refractivity contribution in [1.29, 1.82) is 0 Å². The average Bonchev–Trinajstić information content (AvgIpc) is 3.05. The molecule has 0 amide bonds. The number of likely N-dealkylation sites (N-methyl/N-ethyl adjacent to an activating group) is 1. The van der Waals surface area contributed by atoms with Gasteiger partial charge in [0.15, 0.2) is 5.65 Å². The largest absolute Gasteiger partial charge is 0.367 e. The lowest BCUT2D eigenvalue weighted by molar-refractivity contribution is 0.172. The van der Waals surface area contributed by atoms with Gasteiger partial charge in [-0.1, -0.05) is 12.8 Å². The van der Waals surface area contributed by atoms with Crippen LogP contribution in [0.2, 0.25) is 0 Å². The van der Waals surface area contributed by atoms with E-state index < -0.39 is 0 Å². The van der Waals surface area contributed by atoms with Crippen molar-refractivity contribution in [1.82, 2.24) is 24.6 Å². The van der Waals surface area contributed by atoms with Crippen molar-refractivity contribution in [3.8, 4) is 0 Å². The zero-order chi connectivity index (χ0) is 14.2. The molecule has 1 N–H and O–H groups in total. The number of fused-ring (bicyclic) bond motifs is 1. The van der Waals surface area contributed by atoms with Crippen molar-refractivity contribution in [2.75, 3.05) is 26.0 Å². The van der Waals surface area contributed by atoms with Crippen molar-refractivity contribution in [3.63, 3.8) is 0 Å². The van der Waals surface area contributed by atoms with E-state index in [0.29, 0.717) is 0 Å². The Hall–Kier alpha value is -1.69. The van der Waals surface area contributed by atoms with Crippen LogP contribution in [0.15, 0.2) is 12.5 Å². The molecule has 3 rings (SSSR count). The number of anilines is 1. The molecule has 1 aliphatic carbocycles. The molecule has 2 heterocycles. The Labute approximate surface area is 119 Å². The van der Waals surface area contributed by atoms with Gasteiger partial charge >= 0.3 is 0 Å². The molecule has 6 nitrogen and oxygen atoms in total. The third kappa shape index (κ3) is 2.14. The summed E-state index contributed by atoms with van der Waals surface area (Å²) in [5.41, 5.74) is 1.12. The fourth-order valence-corrected chi connectivity index (χ4v) is 3.17. The minimum atomic E-state index is 0.249. The van der Waals surface area contributed by atoms with E-state index in [1.807, 2.05) is 13.2 Å². The highest BCUT2D eigenvalue weighted by atomic mass is 15.3. The van der Waals surface area contributed by atoms with Crippen LogP contribution in [0.1, 0.15) is 25.7 Å². The predicted octanol–water partition coefficient (Wildman–Crippen LogP) is 1.65. The Bertz CT molecular complexity index is 597. The minimum Gasteiger partial charge on any atom is -0.367 e. The van der Waals surface area contributed by atoms with Crippen LogP contribution in [0.25, 0.3) is 11.0 Å². The Balaban J connectivity index is 1.83. The zero-order valence-electron chi connectivity index (χ0n) is 12.4. The molecule has 0 aliphatic heterocycles. The van der Waals surface area contributed by atoms with Crippen LogP contribution in [0.3, 0.4) is 0 Å². The van der Waals surface area contributed by atoms with E-state index in [-0.39, 0.29) is 5.54 Å². The molecule has 1 fully saturated rings. The summed E-state index contributed by atoms with van der Waals surface area (Å²) in [7, 11) is 6.25. The maximum atomic E-state index is 4.38. The van der Waals surface area contributed by atoms with Crippen LogP contribution in [0.4, 0.5) is 5.82 Å². The van der Waals surface area contributed by atoms with Crippen molar-refractivity contribution < 1.29 is 0 Å². The second kappa shape index (κ2) is 5.01. The van der Waals surface area contributed by atoms with Crippen molar-refractivity contribution in [2.45, 2.75) is 31.2 Å². The van der Waals surface area contributed by atoms with Gasteiger partial charge in [0, 0.05) is 19.1 Å². The first-order valence-electron chi connectivity index (χ1n) is 7.16. The van der Waals surface area contributed by atoms with Gasteiger partial charge in [0.25, 0.3) is 0 Å². The predicted molar refractivity (Wildman–Crippen MR) is 79.7 cm³/mol. The maximum absolute atomic E-state index is 4.38. The average molecular weight is 274 g/mol. The molecule has 2 aromatic heterocycles. The molecule has 1 aliphatic rings.